The van der Waals surface area contributed by atoms with Gasteiger partial charge in [0.05, 0.1) is 12.2 Å². The smallest absolute Gasteiger partial charge is 0.338 e. The summed E-state index contributed by atoms with van der Waals surface area (Å²) >= 11 is 5.19. The van der Waals surface area contributed by atoms with Crippen LogP contribution in [0.3, 0.4) is 0 Å². The molecule has 9 heteroatoms. The first-order valence-corrected chi connectivity index (χ1v) is 11.3. The van der Waals surface area contributed by atoms with Crippen molar-refractivity contribution in [2.75, 3.05) is 11.9 Å². The predicted molar refractivity (Wildman–Crippen MR) is 124 cm³/mol. The standard InChI is InChI=1S/C24H25N3O5S/c1-2-30-23(29)18-8-5-9-19(12-18)25-21(28)14-27-24(33)32-22(26-27)15-31-20-11-10-16-6-3-4-7-17(16)13-20/h5,8-13H,2-4,6-7,14-15H2,1H3,(H,25,28). The van der Waals surface area contributed by atoms with E-state index in [4.69, 9.17) is 26.1 Å². The molecule has 172 valence electrons. The summed E-state index contributed by atoms with van der Waals surface area (Å²) in [5.41, 5.74) is 3.54. The number of ether oxygens (including phenoxy) is 2. The van der Waals surface area contributed by atoms with Gasteiger partial charge < -0.3 is 19.2 Å². The fourth-order valence-electron chi connectivity index (χ4n) is 3.73. The molecule has 1 aromatic heterocycles. The molecule has 1 heterocycles. The summed E-state index contributed by atoms with van der Waals surface area (Å²) in [6.45, 7) is 1.99. The summed E-state index contributed by atoms with van der Waals surface area (Å²) in [4.78, 5) is 24.4. The van der Waals surface area contributed by atoms with Crippen LogP contribution in [0.4, 0.5) is 5.69 Å². The van der Waals surface area contributed by atoms with Gasteiger partial charge in [0.25, 0.3) is 10.7 Å². The van der Waals surface area contributed by atoms with Crippen molar-refractivity contribution in [3.05, 3.63) is 69.9 Å². The van der Waals surface area contributed by atoms with Gasteiger partial charge in [0, 0.05) is 5.69 Å². The molecule has 8 nitrogen and oxygen atoms in total. The lowest BCUT2D eigenvalue weighted by molar-refractivity contribution is -0.117. The fraction of sp³-hybridized carbons (Fsp3) is 0.333. The number of aromatic nitrogens is 2. The van der Waals surface area contributed by atoms with Crippen LogP contribution in [0.1, 0.15) is 47.1 Å². The van der Waals surface area contributed by atoms with E-state index >= 15 is 0 Å². The molecule has 0 saturated heterocycles. The van der Waals surface area contributed by atoms with Crippen LogP contribution in [0.15, 0.2) is 46.9 Å². The highest BCUT2D eigenvalue weighted by Crippen LogP contribution is 2.25. The summed E-state index contributed by atoms with van der Waals surface area (Å²) in [6, 6.07) is 12.7. The Morgan fingerprint density at radius 3 is 2.79 bits per heavy atom. The first-order valence-electron chi connectivity index (χ1n) is 10.9. The Kier molecular flexibility index (Phi) is 7.19. The second-order valence-electron chi connectivity index (χ2n) is 7.70. The topological polar surface area (TPSA) is 95.6 Å². The van der Waals surface area contributed by atoms with Gasteiger partial charge in [-0.05, 0) is 86.3 Å². The number of carbonyl (C=O) groups excluding carboxylic acids is 2. The van der Waals surface area contributed by atoms with Crippen LogP contribution in [-0.2, 0) is 35.5 Å². The van der Waals surface area contributed by atoms with E-state index in [9.17, 15) is 9.59 Å². The van der Waals surface area contributed by atoms with E-state index in [1.165, 1.54) is 28.7 Å². The van der Waals surface area contributed by atoms with Gasteiger partial charge in [-0.2, -0.15) is 0 Å². The van der Waals surface area contributed by atoms with E-state index in [1.54, 1.807) is 31.2 Å². The highest BCUT2D eigenvalue weighted by Gasteiger charge is 2.14. The average Bonchev–Trinajstić information content (AvgIpc) is 3.16. The molecular formula is C24H25N3O5S. The van der Waals surface area contributed by atoms with Gasteiger partial charge in [-0.3, -0.25) is 4.79 Å². The van der Waals surface area contributed by atoms with Gasteiger partial charge in [0.2, 0.25) is 5.91 Å². The Bertz CT molecular complexity index is 1220. The van der Waals surface area contributed by atoms with Crippen molar-refractivity contribution < 1.29 is 23.5 Å². The lowest BCUT2D eigenvalue weighted by Crippen LogP contribution is -2.20. The third-order valence-corrected chi connectivity index (χ3v) is 5.58. The lowest BCUT2D eigenvalue weighted by atomic mass is 9.92. The van der Waals surface area contributed by atoms with Gasteiger partial charge in [-0.15, -0.1) is 5.10 Å². The Balaban J connectivity index is 1.35. The first kappa shape index (κ1) is 22.7. The highest BCUT2D eigenvalue weighted by molar-refractivity contribution is 7.71. The summed E-state index contributed by atoms with van der Waals surface area (Å²) in [5.74, 6) is 0.235. The van der Waals surface area contributed by atoms with Crippen molar-refractivity contribution in [2.45, 2.75) is 45.8 Å². The number of nitrogens with one attached hydrogen (secondary N) is 1. The molecule has 33 heavy (non-hydrogen) atoms. The van der Waals surface area contributed by atoms with E-state index in [0.717, 1.165) is 18.6 Å². The Hall–Kier alpha value is -3.46. The molecule has 0 radical (unpaired) electrons. The number of fused-ring (bicyclic) bond motifs is 1. The number of benzene rings is 2. The molecule has 1 aliphatic rings. The zero-order valence-electron chi connectivity index (χ0n) is 18.3. The maximum absolute atomic E-state index is 12.5. The van der Waals surface area contributed by atoms with Gasteiger partial charge in [-0.25, -0.2) is 9.48 Å². The summed E-state index contributed by atoms with van der Waals surface area (Å²) < 4.78 is 17.6. The second-order valence-corrected chi connectivity index (χ2v) is 8.04. The number of amides is 1. The third-order valence-electron chi connectivity index (χ3n) is 5.28. The van der Waals surface area contributed by atoms with Crippen molar-refractivity contribution in [2.24, 2.45) is 0 Å². The first-order chi connectivity index (χ1) is 16.0. The Morgan fingerprint density at radius 1 is 1.15 bits per heavy atom. The summed E-state index contributed by atoms with van der Waals surface area (Å²) in [7, 11) is 0. The predicted octanol–water partition coefficient (Wildman–Crippen LogP) is 4.48. The molecular weight excluding hydrogens is 442 g/mol. The van der Waals surface area contributed by atoms with Crippen molar-refractivity contribution in [1.29, 1.82) is 0 Å². The summed E-state index contributed by atoms with van der Waals surface area (Å²) in [6.07, 6.45) is 4.61. The largest absolute Gasteiger partial charge is 0.484 e. The molecule has 1 amide bonds. The molecule has 3 aromatic rings. The van der Waals surface area contributed by atoms with Gasteiger partial charge in [0.1, 0.15) is 12.3 Å². The van der Waals surface area contributed by atoms with E-state index in [-0.39, 0.29) is 36.4 Å². The number of hydrogen-bond acceptors (Lipinski definition) is 7. The molecule has 0 bridgehead atoms. The number of anilines is 1. The molecule has 1 aliphatic carbocycles. The minimum absolute atomic E-state index is 0.0782. The van der Waals surface area contributed by atoms with Crippen molar-refractivity contribution >= 4 is 29.8 Å². The van der Waals surface area contributed by atoms with Crippen LogP contribution in [0.25, 0.3) is 0 Å². The van der Waals surface area contributed by atoms with Crippen LogP contribution in [0.2, 0.25) is 0 Å². The van der Waals surface area contributed by atoms with Crippen molar-refractivity contribution in [3.8, 4) is 5.75 Å². The number of carbonyl (C=O) groups is 2. The maximum Gasteiger partial charge on any atom is 0.338 e. The molecule has 0 unspecified atom stereocenters. The minimum Gasteiger partial charge on any atom is -0.484 e. The second kappa shape index (κ2) is 10.4. The van der Waals surface area contributed by atoms with Crippen molar-refractivity contribution in [1.82, 2.24) is 9.78 Å². The Morgan fingerprint density at radius 2 is 1.97 bits per heavy atom. The summed E-state index contributed by atoms with van der Waals surface area (Å²) in [5, 5.41) is 6.97. The van der Waals surface area contributed by atoms with E-state index in [2.05, 4.69) is 22.5 Å². The zero-order valence-corrected chi connectivity index (χ0v) is 19.2. The van der Waals surface area contributed by atoms with E-state index in [1.807, 2.05) is 6.07 Å². The highest BCUT2D eigenvalue weighted by atomic mass is 32.1. The normalized spacial score (nSPS) is 12.6. The molecule has 4 rings (SSSR count). The number of aryl methyl sites for hydroxylation is 2. The van der Waals surface area contributed by atoms with Crippen LogP contribution in [0, 0.1) is 4.84 Å². The average molecular weight is 468 g/mol. The van der Waals surface area contributed by atoms with Crippen LogP contribution >= 0.6 is 12.2 Å². The van der Waals surface area contributed by atoms with Gasteiger partial charge in [0.15, 0.2) is 6.61 Å². The number of esters is 1. The Labute approximate surface area is 196 Å². The third kappa shape index (κ3) is 5.87. The number of rotatable bonds is 8. The molecule has 0 atom stereocenters. The van der Waals surface area contributed by atoms with E-state index in [0.29, 0.717) is 11.3 Å². The van der Waals surface area contributed by atoms with Gasteiger partial charge in [-0.1, -0.05) is 12.1 Å². The fourth-order valence-corrected chi connectivity index (χ4v) is 3.93. The number of nitrogens with zero attached hydrogens (tertiary/aromatic N) is 2. The minimum atomic E-state index is -0.448. The lowest BCUT2D eigenvalue weighted by Gasteiger charge is -2.16. The molecule has 0 aliphatic heterocycles. The molecule has 0 spiro atoms. The molecule has 2 aromatic carbocycles. The van der Waals surface area contributed by atoms with Crippen LogP contribution in [0.5, 0.6) is 5.75 Å². The van der Waals surface area contributed by atoms with E-state index < -0.39 is 5.97 Å². The maximum atomic E-state index is 12.5. The SMILES string of the molecule is CCOC(=O)c1cccc(NC(=O)Cn2nc(COc3ccc4c(c3)CCCC4)oc2=S)c1. The quantitative estimate of drug-likeness (QED) is 0.385. The van der Waals surface area contributed by atoms with Crippen LogP contribution < -0.4 is 10.1 Å². The monoisotopic (exact) mass is 467 g/mol. The molecule has 0 saturated carbocycles. The van der Waals surface area contributed by atoms with Crippen molar-refractivity contribution in [3.63, 3.8) is 0 Å². The van der Waals surface area contributed by atoms with Crippen LogP contribution in [-0.4, -0.2) is 28.3 Å². The van der Waals surface area contributed by atoms with Gasteiger partial charge >= 0.3 is 5.97 Å². The molecule has 1 N–H and O–H groups in total. The molecule has 0 fully saturated rings. The zero-order chi connectivity index (χ0) is 23.2. The number of hydrogen-bond donors (Lipinski definition) is 1.